The average Bonchev–Trinajstić information content (AvgIpc) is 2.99. The van der Waals surface area contributed by atoms with Crippen LogP contribution >= 0.6 is 0 Å². The molecule has 7 nitrogen and oxygen atoms in total. The van der Waals surface area contributed by atoms with Gasteiger partial charge in [-0.3, -0.25) is 0 Å². The fourth-order valence-corrected chi connectivity index (χ4v) is 2.56. The molecule has 1 aromatic heterocycles. The summed E-state index contributed by atoms with van der Waals surface area (Å²) in [7, 11) is -3.17. The van der Waals surface area contributed by atoms with Crippen LogP contribution in [0.25, 0.3) is 0 Å². The summed E-state index contributed by atoms with van der Waals surface area (Å²) in [4.78, 5) is 4.46. The summed E-state index contributed by atoms with van der Waals surface area (Å²) in [6, 6.07) is 1.95. The van der Waals surface area contributed by atoms with Crippen LogP contribution in [0.15, 0.2) is 15.6 Å². The lowest BCUT2D eigenvalue weighted by atomic mass is 9.99. The topological polar surface area (TPSA) is 96.6 Å². The third-order valence-electron chi connectivity index (χ3n) is 4.40. The first kappa shape index (κ1) is 21.5. The van der Waals surface area contributed by atoms with Gasteiger partial charge in [0.15, 0.2) is 21.6 Å². The lowest BCUT2D eigenvalue weighted by Crippen LogP contribution is -2.47. The Balaban J connectivity index is 2.76. The van der Waals surface area contributed by atoms with Gasteiger partial charge in [-0.05, 0) is 33.6 Å². The molecule has 0 radical (unpaired) electrons. The van der Waals surface area contributed by atoms with E-state index in [1.54, 1.807) is 13.8 Å². The quantitative estimate of drug-likeness (QED) is 0.510. The fraction of sp³-hybridized carbons (Fsp3) is 0.765. The highest BCUT2D eigenvalue weighted by atomic mass is 32.2. The lowest BCUT2D eigenvalue weighted by Gasteiger charge is -2.24. The van der Waals surface area contributed by atoms with E-state index in [0.29, 0.717) is 30.7 Å². The van der Waals surface area contributed by atoms with Gasteiger partial charge < -0.3 is 15.2 Å². The molecule has 1 aromatic rings. The Hall–Kier alpha value is -1.57. The van der Waals surface area contributed by atoms with Crippen molar-refractivity contribution < 1.29 is 12.9 Å². The molecule has 2 N–H and O–H groups in total. The average molecular weight is 373 g/mol. The first-order valence-electron chi connectivity index (χ1n) is 8.81. The number of rotatable bonds is 9. The van der Waals surface area contributed by atoms with Crippen LogP contribution in [0.5, 0.6) is 0 Å². The molecular formula is C17H32N4O3S. The van der Waals surface area contributed by atoms with Crippen molar-refractivity contribution in [3.05, 3.63) is 17.5 Å². The molecule has 0 unspecified atom stereocenters. The van der Waals surface area contributed by atoms with Crippen molar-refractivity contribution in [2.75, 3.05) is 19.3 Å². The maximum atomic E-state index is 11.8. The molecule has 144 valence electrons. The van der Waals surface area contributed by atoms with Crippen LogP contribution in [0.2, 0.25) is 0 Å². The van der Waals surface area contributed by atoms with Crippen LogP contribution in [0.1, 0.15) is 64.8 Å². The summed E-state index contributed by atoms with van der Waals surface area (Å²) in [6.45, 7) is 10.9. The van der Waals surface area contributed by atoms with Crippen molar-refractivity contribution in [3.63, 3.8) is 0 Å². The third kappa shape index (κ3) is 6.34. The first-order valence-corrected chi connectivity index (χ1v) is 10.7. The Morgan fingerprint density at radius 2 is 1.92 bits per heavy atom. The van der Waals surface area contributed by atoms with E-state index in [1.165, 1.54) is 6.26 Å². The monoisotopic (exact) mass is 372 g/mol. The van der Waals surface area contributed by atoms with Gasteiger partial charge in [0.2, 0.25) is 0 Å². The molecule has 0 aromatic carbocycles. The number of aliphatic imine (C=N–C) groups is 1. The van der Waals surface area contributed by atoms with Crippen LogP contribution in [0.3, 0.4) is 0 Å². The van der Waals surface area contributed by atoms with Crippen molar-refractivity contribution >= 4 is 15.8 Å². The number of sulfone groups is 1. The van der Waals surface area contributed by atoms with E-state index in [9.17, 15) is 8.42 Å². The van der Waals surface area contributed by atoms with E-state index < -0.39 is 14.6 Å². The van der Waals surface area contributed by atoms with Crippen LogP contribution in [0.4, 0.5) is 0 Å². The number of aromatic nitrogens is 1. The highest BCUT2D eigenvalue weighted by Gasteiger charge is 2.30. The van der Waals surface area contributed by atoms with Crippen molar-refractivity contribution in [1.29, 1.82) is 0 Å². The predicted molar refractivity (Wildman–Crippen MR) is 102 cm³/mol. The van der Waals surface area contributed by atoms with Gasteiger partial charge in [-0.2, -0.15) is 0 Å². The van der Waals surface area contributed by atoms with Crippen molar-refractivity contribution in [3.8, 4) is 0 Å². The molecule has 0 aliphatic rings. The lowest BCUT2D eigenvalue weighted by molar-refractivity contribution is 0.372. The summed E-state index contributed by atoms with van der Waals surface area (Å²) < 4.78 is 28.1. The summed E-state index contributed by atoms with van der Waals surface area (Å²) in [5, 5.41) is 10.3. The van der Waals surface area contributed by atoms with E-state index >= 15 is 0 Å². The SMILES string of the molecule is CCNC(=NCc1cc(C(CC)CC)no1)NCC(C)(C)S(C)(=O)=O. The van der Waals surface area contributed by atoms with Gasteiger partial charge in [0.25, 0.3) is 0 Å². The number of nitrogens with zero attached hydrogens (tertiary/aromatic N) is 2. The number of hydrogen-bond acceptors (Lipinski definition) is 5. The maximum absolute atomic E-state index is 11.8. The molecule has 0 saturated carbocycles. The molecule has 1 heterocycles. The van der Waals surface area contributed by atoms with Crippen molar-refractivity contribution in [1.82, 2.24) is 15.8 Å². The molecule has 0 aliphatic carbocycles. The zero-order valence-corrected chi connectivity index (χ0v) is 17.0. The standard InChI is InChI=1S/C17H32N4O3S/c1-7-13(8-2)15-10-14(24-21-15)11-19-16(18-9-3)20-12-17(4,5)25(6,22)23/h10,13H,7-9,11-12H2,1-6H3,(H2,18,19,20). The van der Waals surface area contributed by atoms with Gasteiger partial charge >= 0.3 is 0 Å². The van der Waals surface area contributed by atoms with E-state index in [-0.39, 0.29) is 6.54 Å². The number of hydrogen-bond donors (Lipinski definition) is 2. The molecular weight excluding hydrogens is 340 g/mol. The highest BCUT2D eigenvalue weighted by Crippen LogP contribution is 2.22. The van der Waals surface area contributed by atoms with Gasteiger partial charge in [0.05, 0.1) is 10.4 Å². The molecule has 25 heavy (non-hydrogen) atoms. The second-order valence-corrected chi connectivity index (χ2v) is 9.46. The summed E-state index contributed by atoms with van der Waals surface area (Å²) in [6.07, 6.45) is 3.29. The van der Waals surface area contributed by atoms with Gasteiger partial charge in [-0.1, -0.05) is 19.0 Å². The summed E-state index contributed by atoms with van der Waals surface area (Å²) in [5.74, 6) is 1.66. The maximum Gasteiger partial charge on any atom is 0.191 e. The molecule has 0 spiro atoms. The number of guanidine groups is 1. The largest absolute Gasteiger partial charge is 0.359 e. The molecule has 0 amide bonds. The molecule has 0 bridgehead atoms. The van der Waals surface area contributed by atoms with Gasteiger partial charge in [-0.15, -0.1) is 0 Å². The smallest absolute Gasteiger partial charge is 0.191 e. The molecule has 1 rings (SSSR count). The Kier molecular flexibility index (Phi) is 7.92. The normalized spacial score (nSPS) is 13.3. The second kappa shape index (κ2) is 9.22. The highest BCUT2D eigenvalue weighted by molar-refractivity contribution is 7.92. The number of nitrogens with one attached hydrogen (secondary N) is 2. The minimum absolute atomic E-state index is 0.271. The Morgan fingerprint density at radius 3 is 2.44 bits per heavy atom. The predicted octanol–water partition coefficient (Wildman–Crippen LogP) is 2.46. The molecule has 0 aliphatic heterocycles. The molecule has 0 saturated heterocycles. The Bertz CT molecular complexity index is 661. The fourth-order valence-electron chi connectivity index (χ4n) is 2.23. The van der Waals surface area contributed by atoms with Gasteiger partial charge in [-0.25, -0.2) is 13.4 Å². The van der Waals surface area contributed by atoms with E-state index in [0.717, 1.165) is 18.5 Å². The van der Waals surface area contributed by atoms with Gasteiger partial charge in [0, 0.05) is 31.3 Å². The molecule has 0 atom stereocenters. The second-order valence-electron chi connectivity index (χ2n) is 6.81. The van der Waals surface area contributed by atoms with Crippen molar-refractivity contribution in [2.24, 2.45) is 4.99 Å². The van der Waals surface area contributed by atoms with Crippen LogP contribution in [0, 0.1) is 0 Å². The summed E-state index contributed by atoms with van der Waals surface area (Å²) >= 11 is 0. The van der Waals surface area contributed by atoms with Crippen LogP contribution in [-0.4, -0.2) is 43.6 Å². The van der Waals surface area contributed by atoms with Gasteiger partial charge in [0.1, 0.15) is 6.54 Å². The van der Waals surface area contributed by atoms with E-state index in [4.69, 9.17) is 4.52 Å². The summed E-state index contributed by atoms with van der Waals surface area (Å²) in [5.41, 5.74) is 0.964. The zero-order chi connectivity index (χ0) is 19.1. The first-order chi connectivity index (χ1) is 11.6. The van der Waals surface area contributed by atoms with E-state index in [1.807, 2.05) is 13.0 Å². The zero-order valence-electron chi connectivity index (χ0n) is 16.2. The minimum atomic E-state index is -3.17. The van der Waals surface area contributed by atoms with Crippen molar-refractivity contribution in [2.45, 2.75) is 64.7 Å². The van der Waals surface area contributed by atoms with Crippen LogP contribution < -0.4 is 10.6 Å². The van der Waals surface area contributed by atoms with E-state index in [2.05, 4.69) is 34.6 Å². The Labute approximate surface area is 151 Å². The Morgan fingerprint density at radius 1 is 1.28 bits per heavy atom. The van der Waals surface area contributed by atoms with Crippen LogP contribution in [-0.2, 0) is 16.4 Å². The minimum Gasteiger partial charge on any atom is -0.359 e. The molecule has 8 heteroatoms. The molecule has 0 fully saturated rings. The third-order valence-corrected chi connectivity index (χ3v) is 6.56.